The molecular weight excluding hydrogens is 262 g/mol. The molecule has 0 aromatic heterocycles. The number of likely N-dealkylation sites (tertiary alicyclic amines) is 1. The van der Waals surface area contributed by atoms with Crippen LogP contribution in [0.25, 0.3) is 0 Å². The molecule has 0 aromatic rings. The molecule has 122 valence electrons. The van der Waals surface area contributed by atoms with Gasteiger partial charge in [-0.2, -0.15) is 0 Å². The van der Waals surface area contributed by atoms with Gasteiger partial charge >= 0.3 is 0 Å². The van der Waals surface area contributed by atoms with Crippen molar-refractivity contribution in [1.82, 2.24) is 15.1 Å². The van der Waals surface area contributed by atoms with Gasteiger partial charge in [0.15, 0.2) is 0 Å². The van der Waals surface area contributed by atoms with Gasteiger partial charge < -0.3 is 10.2 Å². The maximum absolute atomic E-state index is 12.4. The quantitative estimate of drug-likeness (QED) is 0.845. The fourth-order valence-corrected chi connectivity index (χ4v) is 3.77. The van der Waals surface area contributed by atoms with Crippen molar-refractivity contribution in [3.05, 3.63) is 0 Å². The molecule has 0 bridgehead atoms. The Balaban J connectivity index is 1.73. The van der Waals surface area contributed by atoms with Crippen molar-refractivity contribution in [3.63, 3.8) is 0 Å². The first kappa shape index (κ1) is 16.8. The Bertz CT molecular complexity index is 305. The van der Waals surface area contributed by atoms with E-state index in [4.69, 9.17) is 0 Å². The average Bonchev–Trinajstić information content (AvgIpc) is 2.77. The standard InChI is InChI=1S/C17H33N3O/c1-3-18-15-8-10-16(11-9-15)19(2)14-17(21)20-12-6-4-5-7-13-20/h15-16,18H,3-14H2,1-2H3. The second-order valence-electron chi connectivity index (χ2n) is 6.77. The lowest BCUT2D eigenvalue weighted by Crippen LogP contribution is -2.45. The number of rotatable bonds is 5. The van der Waals surface area contributed by atoms with Crippen LogP contribution in [-0.2, 0) is 4.79 Å². The van der Waals surface area contributed by atoms with Crippen molar-refractivity contribution in [2.45, 2.75) is 70.4 Å². The SMILES string of the molecule is CCNC1CCC(N(C)CC(=O)N2CCCCCC2)CC1. The van der Waals surface area contributed by atoms with Crippen LogP contribution in [0.4, 0.5) is 0 Å². The van der Waals surface area contributed by atoms with E-state index in [0.29, 0.717) is 24.5 Å². The zero-order valence-electron chi connectivity index (χ0n) is 13.9. The van der Waals surface area contributed by atoms with Crippen molar-refractivity contribution in [1.29, 1.82) is 0 Å². The van der Waals surface area contributed by atoms with Crippen LogP contribution in [0.2, 0.25) is 0 Å². The van der Waals surface area contributed by atoms with Crippen LogP contribution in [0.15, 0.2) is 0 Å². The summed E-state index contributed by atoms with van der Waals surface area (Å²) >= 11 is 0. The van der Waals surface area contributed by atoms with Gasteiger partial charge in [0.1, 0.15) is 0 Å². The highest BCUT2D eigenvalue weighted by molar-refractivity contribution is 5.78. The summed E-state index contributed by atoms with van der Waals surface area (Å²) in [5.41, 5.74) is 0. The van der Waals surface area contributed by atoms with Crippen molar-refractivity contribution in [2.75, 3.05) is 33.2 Å². The Kier molecular flexibility index (Phi) is 6.97. The maximum atomic E-state index is 12.4. The van der Waals surface area contributed by atoms with Crippen LogP contribution < -0.4 is 5.32 Å². The molecule has 1 N–H and O–H groups in total. The number of carbonyl (C=O) groups excluding carboxylic acids is 1. The van der Waals surface area contributed by atoms with Crippen LogP contribution in [-0.4, -0.2) is 61.0 Å². The summed E-state index contributed by atoms with van der Waals surface area (Å²) < 4.78 is 0. The molecule has 0 unspecified atom stereocenters. The van der Waals surface area contributed by atoms with Crippen molar-refractivity contribution in [2.24, 2.45) is 0 Å². The summed E-state index contributed by atoms with van der Waals surface area (Å²) in [6.45, 7) is 5.80. The number of carbonyl (C=O) groups is 1. The third-order valence-corrected chi connectivity index (χ3v) is 5.16. The topological polar surface area (TPSA) is 35.6 Å². The van der Waals surface area contributed by atoms with E-state index in [1.807, 2.05) is 0 Å². The van der Waals surface area contributed by atoms with Gasteiger partial charge in [-0.25, -0.2) is 0 Å². The highest BCUT2D eigenvalue weighted by atomic mass is 16.2. The predicted molar refractivity (Wildman–Crippen MR) is 87.4 cm³/mol. The Morgan fingerprint density at radius 2 is 1.71 bits per heavy atom. The molecule has 1 heterocycles. The second kappa shape index (κ2) is 8.74. The fourth-order valence-electron chi connectivity index (χ4n) is 3.77. The largest absolute Gasteiger partial charge is 0.342 e. The van der Waals surface area contributed by atoms with E-state index in [9.17, 15) is 4.79 Å². The van der Waals surface area contributed by atoms with Gasteiger partial charge in [0.25, 0.3) is 0 Å². The van der Waals surface area contributed by atoms with E-state index in [0.717, 1.165) is 19.6 Å². The zero-order chi connectivity index (χ0) is 15.1. The monoisotopic (exact) mass is 295 g/mol. The Labute approximate surface area is 130 Å². The van der Waals surface area contributed by atoms with E-state index in [2.05, 4.69) is 29.1 Å². The number of nitrogens with zero attached hydrogens (tertiary/aromatic N) is 2. The minimum Gasteiger partial charge on any atom is -0.342 e. The lowest BCUT2D eigenvalue weighted by Gasteiger charge is -2.35. The van der Waals surface area contributed by atoms with E-state index >= 15 is 0 Å². The molecule has 1 aliphatic carbocycles. The Morgan fingerprint density at radius 3 is 2.29 bits per heavy atom. The molecule has 0 aromatic carbocycles. The average molecular weight is 295 g/mol. The summed E-state index contributed by atoms with van der Waals surface area (Å²) in [5.74, 6) is 0.341. The van der Waals surface area contributed by atoms with Gasteiger partial charge in [-0.1, -0.05) is 19.8 Å². The highest BCUT2D eigenvalue weighted by Gasteiger charge is 2.25. The first-order valence-electron chi connectivity index (χ1n) is 8.92. The fraction of sp³-hybridized carbons (Fsp3) is 0.941. The molecular formula is C17H33N3O. The molecule has 1 saturated carbocycles. The van der Waals surface area contributed by atoms with Crippen LogP contribution >= 0.6 is 0 Å². The van der Waals surface area contributed by atoms with E-state index < -0.39 is 0 Å². The maximum Gasteiger partial charge on any atom is 0.236 e. The molecule has 1 aliphatic heterocycles. The van der Waals surface area contributed by atoms with Crippen LogP contribution in [0, 0.1) is 0 Å². The van der Waals surface area contributed by atoms with Gasteiger partial charge in [0, 0.05) is 25.2 Å². The van der Waals surface area contributed by atoms with E-state index in [-0.39, 0.29) is 0 Å². The number of nitrogens with one attached hydrogen (secondary N) is 1. The lowest BCUT2D eigenvalue weighted by atomic mass is 9.90. The molecule has 4 heteroatoms. The first-order valence-corrected chi connectivity index (χ1v) is 8.92. The van der Waals surface area contributed by atoms with Crippen LogP contribution in [0.5, 0.6) is 0 Å². The summed E-state index contributed by atoms with van der Waals surface area (Å²) in [6, 6.07) is 1.29. The molecule has 2 aliphatic rings. The van der Waals surface area contributed by atoms with Gasteiger partial charge in [-0.3, -0.25) is 9.69 Å². The number of hydrogen-bond acceptors (Lipinski definition) is 3. The molecule has 1 amide bonds. The molecule has 0 radical (unpaired) electrons. The van der Waals surface area contributed by atoms with Crippen molar-refractivity contribution in [3.8, 4) is 0 Å². The first-order chi connectivity index (χ1) is 10.2. The predicted octanol–water partition coefficient (Wildman–Crippen LogP) is 2.24. The summed E-state index contributed by atoms with van der Waals surface area (Å²) in [4.78, 5) is 16.8. The van der Waals surface area contributed by atoms with Gasteiger partial charge in [0.2, 0.25) is 5.91 Å². The third-order valence-electron chi connectivity index (χ3n) is 5.16. The zero-order valence-corrected chi connectivity index (χ0v) is 13.9. The minimum absolute atomic E-state index is 0.341. The Morgan fingerprint density at radius 1 is 1.10 bits per heavy atom. The van der Waals surface area contributed by atoms with Crippen molar-refractivity contribution < 1.29 is 4.79 Å². The Hall–Kier alpha value is -0.610. The normalized spacial score (nSPS) is 27.7. The van der Waals surface area contributed by atoms with Gasteiger partial charge in [0.05, 0.1) is 6.54 Å². The summed E-state index contributed by atoms with van der Waals surface area (Å²) in [7, 11) is 2.13. The number of hydrogen-bond donors (Lipinski definition) is 1. The lowest BCUT2D eigenvalue weighted by molar-refractivity contribution is -0.132. The molecule has 1 saturated heterocycles. The second-order valence-corrected chi connectivity index (χ2v) is 6.77. The molecule has 21 heavy (non-hydrogen) atoms. The van der Waals surface area contributed by atoms with Gasteiger partial charge in [-0.15, -0.1) is 0 Å². The van der Waals surface area contributed by atoms with Crippen LogP contribution in [0.3, 0.4) is 0 Å². The summed E-state index contributed by atoms with van der Waals surface area (Å²) in [6.07, 6.45) is 9.89. The highest BCUT2D eigenvalue weighted by Crippen LogP contribution is 2.22. The molecule has 2 rings (SSSR count). The van der Waals surface area contributed by atoms with Crippen molar-refractivity contribution >= 4 is 5.91 Å². The van der Waals surface area contributed by atoms with E-state index in [1.54, 1.807) is 0 Å². The molecule has 0 atom stereocenters. The minimum atomic E-state index is 0.341. The smallest absolute Gasteiger partial charge is 0.236 e. The third kappa shape index (κ3) is 5.26. The molecule has 0 spiro atoms. The summed E-state index contributed by atoms with van der Waals surface area (Å²) in [5, 5.41) is 3.55. The van der Waals surface area contributed by atoms with E-state index in [1.165, 1.54) is 51.4 Å². The van der Waals surface area contributed by atoms with Gasteiger partial charge in [-0.05, 0) is 52.1 Å². The number of likely N-dealkylation sites (N-methyl/N-ethyl adjacent to an activating group) is 1. The van der Waals surface area contributed by atoms with Crippen LogP contribution in [0.1, 0.15) is 58.3 Å². The molecule has 2 fully saturated rings. The number of amides is 1. The molecule has 4 nitrogen and oxygen atoms in total.